The Balaban J connectivity index is 0.000000711. The minimum atomic E-state index is -4.67. The molecule has 4 atom stereocenters. The van der Waals surface area contributed by atoms with Gasteiger partial charge in [0.15, 0.2) is 0 Å². The summed E-state index contributed by atoms with van der Waals surface area (Å²) in [5.74, 6) is 10.5. The number of anilines is 2. The lowest BCUT2D eigenvalue weighted by molar-refractivity contribution is -0.150. The summed E-state index contributed by atoms with van der Waals surface area (Å²) in [5.41, 5.74) is 15.5. The minimum absolute atomic E-state index is 0. The molecule has 1 saturated heterocycles. The van der Waals surface area contributed by atoms with E-state index < -0.39 is 27.5 Å². The summed E-state index contributed by atoms with van der Waals surface area (Å²) in [4.78, 5) is 92.5. The van der Waals surface area contributed by atoms with Crippen LogP contribution in [0.3, 0.4) is 0 Å². The molecule has 1 aliphatic rings. The Hall–Kier alpha value is -8.69. The third-order valence-electron chi connectivity index (χ3n) is 15.5. The van der Waals surface area contributed by atoms with Crippen molar-refractivity contribution in [1.29, 1.82) is 5.41 Å². The summed E-state index contributed by atoms with van der Waals surface area (Å²) in [6.45, 7) is 32.5. The highest BCUT2D eigenvalue weighted by Crippen LogP contribution is 2.61. The van der Waals surface area contributed by atoms with Gasteiger partial charge in [-0.2, -0.15) is 28.4 Å². The number of benzene rings is 3. The van der Waals surface area contributed by atoms with Crippen molar-refractivity contribution in [3.63, 3.8) is 0 Å². The smallest absolute Gasteiger partial charge is 0.394 e. The molecule has 3 aromatic carbocycles. The zero-order valence-corrected chi connectivity index (χ0v) is 84.5. The number of alkyl halides is 1. The number of Topliss-reactive ketones (excluding diaryl/α,β-unsaturated/α-hetero) is 1. The molecule has 0 aliphatic carbocycles. The lowest BCUT2D eigenvalue weighted by Gasteiger charge is -2.18. The Morgan fingerprint density at radius 3 is 1.29 bits per heavy atom. The monoisotopic (exact) mass is 2210 g/mol. The number of aromatic nitrogens is 10. The summed E-state index contributed by atoms with van der Waals surface area (Å²) < 4.78 is 76.4. The number of nitrogens with one attached hydrogen (secondary N) is 7. The Labute approximate surface area is 795 Å². The summed E-state index contributed by atoms with van der Waals surface area (Å²) >= 11 is 25.3. The van der Waals surface area contributed by atoms with Gasteiger partial charge >= 0.3 is 21.6 Å². The lowest BCUT2D eigenvalue weighted by atomic mass is 10.0. The molecule has 10 heterocycles. The molecule has 12 aromatic rings. The van der Waals surface area contributed by atoms with Crippen molar-refractivity contribution >= 4 is 212 Å². The van der Waals surface area contributed by atoms with Crippen LogP contribution in [0.25, 0.3) is 44.4 Å². The highest BCUT2D eigenvalue weighted by atomic mass is 127. The number of ether oxygens (including phenoxy) is 2. The number of aryl methyl sites for hydroxylation is 9. The third kappa shape index (κ3) is 46.9. The van der Waals surface area contributed by atoms with Crippen LogP contribution in [0, 0.1) is 102 Å². The second-order valence-electron chi connectivity index (χ2n) is 26.8. The topological polar surface area (TPSA) is 518 Å². The van der Waals surface area contributed by atoms with E-state index in [1.54, 1.807) is 53.7 Å². The molecule has 0 spiro atoms. The van der Waals surface area contributed by atoms with E-state index in [1.807, 2.05) is 90.2 Å². The molecular formula is C83H105Br2Cl4I2N16O17PS. The average Bonchev–Trinajstić information content (AvgIpc) is 1.78. The van der Waals surface area contributed by atoms with E-state index >= 15 is 0 Å². The van der Waals surface area contributed by atoms with Crippen molar-refractivity contribution in [1.82, 2.24) is 55.2 Å². The normalized spacial score (nSPS) is 11.8. The first-order chi connectivity index (χ1) is 58.4. The molecule has 1 fully saturated rings. The summed E-state index contributed by atoms with van der Waals surface area (Å²) in [6.07, 6.45) is 12.8. The number of furan rings is 4. The second-order valence-corrected chi connectivity index (χ2v) is 39.2. The van der Waals surface area contributed by atoms with E-state index in [4.69, 9.17) is 69.7 Å². The quantitative estimate of drug-likeness (QED) is 0.00433. The first kappa shape index (κ1) is 115. The number of amidine groups is 1. The van der Waals surface area contributed by atoms with Gasteiger partial charge in [0, 0.05) is 43.5 Å². The number of unbranched alkanes of at least 4 members (excludes halogenated alkanes) is 1. The zero-order valence-electron chi connectivity index (χ0n) is 72.2. The Morgan fingerprint density at radius 2 is 0.992 bits per heavy atom. The molecular weight excluding hydrogens is 2110 g/mol. The number of fused-ring (bicyclic) bond motifs is 4. The van der Waals surface area contributed by atoms with E-state index in [9.17, 15) is 33.6 Å². The predicted octanol–water partition coefficient (Wildman–Crippen LogP) is 19.2. The van der Waals surface area contributed by atoms with Gasteiger partial charge in [0.1, 0.15) is 86.3 Å². The minimum Gasteiger partial charge on any atom is -0.493 e. The third-order valence-corrected chi connectivity index (χ3v) is 18.0. The predicted molar refractivity (Wildman–Crippen MR) is 525 cm³/mol. The molecule has 0 radical (unpaired) electrons. The second kappa shape index (κ2) is 58.7. The Kier molecular flexibility index (Phi) is 53.7. The zero-order chi connectivity index (χ0) is 94.8. The van der Waals surface area contributed by atoms with Crippen LogP contribution >= 0.6 is 128 Å². The number of rotatable bonds is 15. The highest BCUT2D eigenvalue weighted by Gasteiger charge is 2.24. The molecule has 686 valence electrons. The van der Waals surface area contributed by atoms with Crippen LogP contribution in [0.1, 0.15) is 160 Å². The number of aromatic amines is 3. The number of terminal acetylenes is 2. The maximum absolute atomic E-state index is 11.3. The standard InChI is InChI=1S/C16H16BrN3O.C16H16IN3O.C9H12O3.C8H10BrN.3C8H8N2O2.C5H13N.C3H5IO.C2H6N2.Cl3OP.ClH.H2O4S/c2*1-9-8-14-15(19-11(3)20-16(14)21-9)18-10(2)12-4-6-13(17)7-5-12;1-4-6-8(7(3)10)9(11)12-5-2;1-6(10)7-2-4-8(9)5-3-7;2*1-4-3-6-7(11)9-5(2)10-8(6)12-4;1-3-4-6-7(11)9-5(2)10-8(6)12;1-3-4-5-6-2;4-3-1-5-2-3;1-2(3)4;1-5(2,3)4;;1-5(2,3)4/h2*4-8,10H,1-3H3,(H,18,19,20);1,8H,5-6H2,2-3H3;2-6H,10H2,1H3;2*3H,1-2H3,(H,9,10,11);1H,4H2,2H3,(H2,9,10,11,12);6H,3-5H2,1-2H3;3H,1-2H2;1H3,(H3,3,4);;1H;(H2,1,2,3,4)/t2*10-;;6-;;;;;;;;;/m00.0........./s1. The number of nitrogens with zero attached hydrogens (tertiary/aromatic N) is 7. The van der Waals surface area contributed by atoms with Gasteiger partial charge in [-0.05, 0) is 258 Å². The molecule has 9 aromatic heterocycles. The summed E-state index contributed by atoms with van der Waals surface area (Å²) in [6, 6.07) is 32.5. The van der Waals surface area contributed by atoms with Crippen molar-refractivity contribution in [3.05, 3.63) is 215 Å². The maximum atomic E-state index is 11.3. The van der Waals surface area contributed by atoms with Gasteiger partial charge in [-0.15, -0.1) is 37.1 Å². The summed E-state index contributed by atoms with van der Waals surface area (Å²) in [7, 11) is -2.68. The van der Waals surface area contributed by atoms with Crippen LogP contribution < -0.4 is 44.1 Å². The van der Waals surface area contributed by atoms with Crippen LogP contribution in [0.15, 0.2) is 138 Å². The van der Waals surface area contributed by atoms with Crippen molar-refractivity contribution in [2.75, 3.05) is 44.0 Å². The number of esters is 1. The first-order valence-electron chi connectivity index (χ1n) is 37.8. The number of aromatic hydroxyl groups is 1. The number of carbonyl (C=O) groups is 2. The van der Waals surface area contributed by atoms with Crippen LogP contribution in [0.4, 0.5) is 11.6 Å². The Morgan fingerprint density at radius 1 is 0.651 bits per heavy atom. The fourth-order valence-electron chi connectivity index (χ4n) is 9.85. The van der Waals surface area contributed by atoms with E-state index in [0.29, 0.717) is 74.3 Å². The number of ketones is 1. The van der Waals surface area contributed by atoms with E-state index in [1.165, 1.54) is 46.9 Å². The van der Waals surface area contributed by atoms with Crippen LogP contribution in [-0.4, -0.2) is 127 Å². The molecule has 43 heteroatoms. The highest BCUT2D eigenvalue weighted by molar-refractivity contribution is 14.1. The SMILES string of the molecule is C#CCC(C(C)=O)C(=O)OCC.C#CCc1c(O)nc(C)[nH]c1=O.CC(=N)N.CCCCNC.C[C@H](N)c1ccc(Br)cc1.Cc1nc(N[C@@H](C)c2ccc(Br)cc2)c2cc(C)oc2n1.Cc1nc(N[C@@H](C)c2ccc(I)cc2)c2cc(C)oc2n1.Cc1nc2oc(C)cc2c(=O)[nH]1.Cc1nc2oc(C)cc2c(=O)[nH]1.Cl.IC1COC1.O=P(Cl)(Cl)Cl.O=S(=O)(O)O. The fourth-order valence-corrected chi connectivity index (χ4v) is 11.3. The van der Waals surface area contributed by atoms with Crippen LogP contribution in [-0.2, 0) is 40.4 Å². The van der Waals surface area contributed by atoms with Gasteiger partial charge in [0.25, 0.3) is 16.7 Å². The van der Waals surface area contributed by atoms with Crippen molar-refractivity contribution in [3.8, 4) is 30.6 Å². The number of nitrogens with two attached hydrogens (primary N) is 2. The van der Waals surface area contributed by atoms with E-state index in [-0.39, 0.29) is 89.7 Å². The van der Waals surface area contributed by atoms with Crippen molar-refractivity contribution < 1.29 is 63.9 Å². The number of H-pyrrole nitrogens is 3. The number of hydrogen-bond donors (Lipinski definition) is 12. The molecule has 126 heavy (non-hydrogen) atoms. The van der Waals surface area contributed by atoms with Crippen LogP contribution in [0.2, 0.25) is 0 Å². The van der Waals surface area contributed by atoms with Gasteiger partial charge in [0.05, 0.1) is 45.9 Å². The van der Waals surface area contributed by atoms with Gasteiger partial charge in [-0.1, -0.05) is 104 Å². The van der Waals surface area contributed by atoms with Crippen molar-refractivity contribution in [2.45, 2.75) is 159 Å². The fraction of sp³-hybridized carbons (Fsp3) is 0.361. The lowest BCUT2D eigenvalue weighted by Crippen LogP contribution is -2.26. The molecule has 1 aliphatic heterocycles. The van der Waals surface area contributed by atoms with Crippen molar-refractivity contribution in [2.24, 2.45) is 17.4 Å². The molecule has 13 rings (SSSR count). The van der Waals surface area contributed by atoms with E-state index in [2.05, 4.69) is 250 Å². The average molecular weight is 2220 g/mol. The molecule has 33 nitrogen and oxygen atoms in total. The number of halogens is 8. The van der Waals surface area contributed by atoms with Gasteiger partial charge < -0.3 is 74.6 Å². The van der Waals surface area contributed by atoms with Crippen LogP contribution in [0.5, 0.6) is 5.88 Å². The number of hydrogen-bond acceptors (Lipinski definition) is 27. The summed E-state index contributed by atoms with van der Waals surface area (Å²) in [5, 5.41) is 25.1. The maximum Gasteiger partial charge on any atom is 0.394 e. The molecule has 14 N–H and O–H groups in total. The first-order valence-corrected chi connectivity index (χ1v) is 47.5. The molecule has 1 unspecified atom stereocenters. The van der Waals surface area contributed by atoms with E-state index in [0.717, 1.165) is 66.6 Å². The molecule has 0 amide bonds. The Bertz CT molecular complexity index is 5630. The van der Waals surface area contributed by atoms with Gasteiger partial charge in [-0.3, -0.25) is 43.1 Å². The largest absolute Gasteiger partial charge is 0.493 e. The number of carbonyl (C=O) groups excluding carboxylic acids is 2. The van der Waals surface area contributed by atoms with Gasteiger partial charge in [0.2, 0.25) is 28.7 Å². The molecule has 0 saturated carbocycles. The molecule has 0 bridgehead atoms. The van der Waals surface area contributed by atoms with Gasteiger partial charge in [-0.25, -0.2) is 15.0 Å².